The van der Waals surface area contributed by atoms with Crippen molar-refractivity contribution >= 4 is 0 Å². The third kappa shape index (κ3) is 10.9. The van der Waals surface area contributed by atoms with Crippen LogP contribution in [0.3, 0.4) is 0 Å². The van der Waals surface area contributed by atoms with Crippen LogP contribution in [0.25, 0.3) is 11.1 Å². The van der Waals surface area contributed by atoms with Gasteiger partial charge in [-0.1, -0.05) is 0 Å². The Kier molecular flexibility index (Phi) is 14.6. The van der Waals surface area contributed by atoms with Crippen molar-refractivity contribution in [3.63, 3.8) is 0 Å². The predicted octanol–water partition coefficient (Wildman–Crippen LogP) is 4.27. The predicted molar refractivity (Wildman–Crippen MR) is 141 cm³/mol. The molecule has 0 atom stereocenters. The van der Waals surface area contributed by atoms with E-state index in [0.29, 0.717) is 22.9 Å². The average Bonchev–Trinajstić information content (AvgIpc) is 3.74. The fourth-order valence-electron chi connectivity index (χ4n) is 2.73. The Labute approximate surface area is 271 Å². The number of ether oxygens (including phenoxy) is 2. The number of aromatic nitrogens is 8. The Bertz CT molecular complexity index is 1540. The van der Waals surface area contributed by atoms with Crippen LogP contribution in [0.2, 0.25) is 0 Å². The minimum Gasteiger partial charge on any atom is -0.669 e. The Balaban J connectivity index is 0.000000317. The zero-order chi connectivity index (χ0) is 27.8. The van der Waals surface area contributed by atoms with Crippen molar-refractivity contribution in [2.24, 2.45) is 0 Å². The average molecular weight is 911 g/mol. The molecule has 0 fully saturated rings. The van der Waals surface area contributed by atoms with E-state index in [9.17, 15) is 0 Å². The van der Waals surface area contributed by atoms with Gasteiger partial charge in [0.2, 0.25) is 11.8 Å². The standard InChI is InChI=1S/C18H8N6O2.2C6H4N.2Pt/c1-3-21-15(25-17-11-19-5-7-23-17)9-13(1)14-2-4-22-16(10-14)26-18-12-20-6-8-24-18;2*1-2-7-5-3-4-6-7;;/h3-8,11-12H;2*3-6H;;/q-4;2*-1;;. The molecule has 0 aromatic carbocycles. The second-order valence-corrected chi connectivity index (χ2v) is 7.11. The Morgan fingerprint density at radius 2 is 1.00 bits per heavy atom. The van der Waals surface area contributed by atoms with Gasteiger partial charge in [0.1, 0.15) is 0 Å². The molecule has 0 aliphatic carbocycles. The number of pyridine rings is 2. The van der Waals surface area contributed by atoms with Gasteiger partial charge in [-0.25, -0.2) is 22.1 Å². The molecule has 0 unspecified atom stereocenters. The summed E-state index contributed by atoms with van der Waals surface area (Å²) in [6.45, 7) is 0. The zero-order valence-corrected chi connectivity index (χ0v) is 25.8. The Morgan fingerprint density at radius 1 is 0.595 bits per heavy atom. The second kappa shape index (κ2) is 18.5. The van der Waals surface area contributed by atoms with Crippen LogP contribution in [0.4, 0.5) is 0 Å². The van der Waals surface area contributed by atoms with E-state index in [-0.39, 0.29) is 53.9 Å². The van der Waals surface area contributed by atoms with Crippen LogP contribution in [0.15, 0.2) is 98.6 Å². The van der Waals surface area contributed by atoms with Crippen molar-refractivity contribution in [3.8, 4) is 46.7 Å². The van der Waals surface area contributed by atoms with Gasteiger partial charge in [0, 0.05) is 91.7 Å². The minimum atomic E-state index is 0. The topological polar surface area (TPSA) is 106 Å². The molecule has 42 heavy (non-hydrogen) atoms. The molecular weight excluding hydrogens is 895 g/mol. The Morgan fingerprint density at radius 3 is 1.31 bits per heavy atom. The van der Waals surface area contributed by atoms with Crippen molar-refractivity contribution in [3.05, 3.63) is 136 Å². The van der Waals surface area contributed by atoms with E-state index in [1.165, 1.54) is 37.2 Å². The number of hydrogen-bond acceptors (Lipinski definition) is 8. The molecule has 6 rings (SSSR count). The summed E-state index contributed by atoms with van der Waals surface area (Å²) in [7, 11) is 0. The van der Waals surface area contributed by atoms with Crippen molar-refractivity contribution < 1.29 is 51.6 Å². The summed E-state index contributed by atoms with van der Waals surface area (Å²) >= 11 is 0. The number of nitrogens with zero attached hydrogens (tertiary/aromatic N) is 8. The molecule has 0 amide bonds. The maximum atomic E-state index is 6.57. The first-order chi connectivity index (χ1) is 19.7. The molecule has 0 spiro atoms. The van der Waals surface area contributed by atoms with Gasteiger partial charge in [0.05, 0.1) is 24.2 Å². The first-order valence-corrected chi connectivity index (χ1v) is 11.3. The molecule has 0 aliphatic heterocycles. The van der Waals surface area contributed by atoms with Gasteiger partial charge in [0.15, 0.2) is 0 Å². The summed E-state index contributed by atoms with van der Waals surface area (Å²) in [6, 6.07) is 23.6. The maximum absolute atomic E-state index is 6.57. The summed E-state index contributed by atoms with van der Waals surface area (Å²) in [5.41, 5.74) is 1.07. The van der Waals surface area contributed by atoms with Crippen molar-refractivity contribution in [1.29, 1.82) is 0 Å². The summed E-state index contributed by atoms with van der Waals surface area (Å²) < 4.78 is 14.1. The van der Waals surface area contributed by atoms with Crippen molar-refractivity contribution in [1.82, 2.24) is 39.0 Å². The van der Waals surface area contributed by atoms with Crippen LogP contribution >= 0.6 is 0 Å². The molecule has 6 heterocycles. The van der Waals surface area contributed by atoms with E-state index in [4.69, 9.17) is 22.3 Å². The van der Waals surface area contributed by atoms with Crippen LogP contribution in [0.5, 0.6) is 23.5 Å². The summed E-state index contributed by atoms with van der Waals surface area (Å²) in [4.78, 5) is 24.0. The van der Waals surface area contributed by atoms with Gasteiger partial charge in [-0.2, -0.15) is 0 Å². The van der Waals surface area contributed by atoms with E-state index < -0.39 is 0 Å². The molecule has 10 nitrogen and oxygen atoms in total. The molecule has 12 heteroatoms. The molecule has 0 saturated heterocycles. The van der Waals surface area contributed by atoms with E-state index >= 15 is 0 Å². The molecule has 0 saturated carbocycles. The smallest absolute Gasteiger partial charge is 0.237 e. The van der Waals surface area contributed by atoms with Gasteiger partial charge >= 0.3 is 0 Å². The van der Waals surface area contributed by atoms with Crippen LogP contribution in [0, 0.1) is 49.2 Å². The van der Waals surface area contributed by atoms with Crippen molar-refractivity contribution in [2.45, 2.75) is 0 Å². The Hall–Kier alpha value is -4.88. The molecule has 6 aromatic rings. The summed E-state index contributed by atoms with van der Waals surface area (Å²) in [5.74, 6) is 1.05. The first-order valence-electron chi connectivity index (χ1n) is 11.3. The number of hydrogen-bond donors (Lipinski definition) is 0. The molecule has 0 N–H and O–H groups in total. The van der Waals surface area contributed by atoms with Gasteiger partial charge < -0.3 is 66.8 Å². The van der Waals surface area contributed by atoms with Gasteiger partial charge in [-0.05, 0) is 24.3 Å². The van der Waals surface area contributed by atoms with Crippen LogP contribution in [0.1, 0.15) is 0 Å². The van der Waals surface area contributed by atoms with E-state index in [1.807, 2.05) is 24.3 Å². The molecule has 0 aliphatic rings. The van der Waals surface area contributed by atoms with Crippen LogP contribution in [-0.4, -0.2) is 39.0 Å². The maximum Gasteiger partial charge on any atom is 0.237 e. The van der Waals surface area contributed by atoms with Crippen LogP contribution in [-0.2, 0) is 42.1 Å². The fourth-order valence-corrected chi connectivity index (χ4v) is 2.73. The largest absolute Gasteiger partial charge is 0.669 e. The minimum absolute atomic E-state index is 0. The fraction of sp³-hybridized carbons (Fsp3) is 0. The van der Waals surface area contributed by atoms with Gasteiger partial charge in [-0.3, -0.25) is 19.9 Å². The van der Waals surface area contributed by atoms with E-state index in [1.54, 1.807) is 46.3 Å². The molecule has 6 aromatic heterocycles. The zero-order valence-electron chi connectivity index (χ0n) is 21.3. The SMILES string of the molecule is [C-]#Cn1cccc1.[C-]#Cn1cccc1.[Pt].[Pt].[c-]1cnc(Oc2cnccn2)[c-]c1-c1[c-]cnc(Oc2cnccn2)[c-]1. The van der Waals surface area contributed by atoms with E-state index in [0.717, 1.165) is 0 Å². The summed E-state index contributed by atoms with van der Waals surface area (Å²) in [5, 5.41) is 0. The van der Waals surface area contributed by atoms with Crippen molar-refractivity contribution in [2.75, 3.05) is 0 Å². The third-order valence-electron chi connectivity index (χ3n) is 4.44. The second-order valence-electron chi connectivity index (χ2n) is 7.11. The molecule has 0 radical (unpaired) electrons. The quantitative estimate of drug-likeness (QED) is 0.187. The van der Waals surface area contributed by atoms with E-state index in [2.05, 4.69) is 66.3 Å². The molecule has 214 valence electrons. The van der Waals surface area contributed by atoms with Gasteiger partial charge in [-0.15, -0.1) is 12.4 Å². The third-order valence-corrected chi connectivity index (χ3v) is 4.44. The first kappa shape index (κ1) is 33.3. The van der Waals surface area contributed by atoms with Gasteiger partial charge in [0.25, 0.3) is 0 Å². The van der Waals surface area contributed by atoms with Crippen LogP contribution < -0.4 is 9.47 Å². The normalized spacial score (nSPS) is 9.00. The monoisotopic (exact) mass is 910 g/mol. The molecule has 0 bridgehead atoms. The summed E-state index contributed by atoms with van der Waals surface area (Å²) in [6.07, 6.45) is 32.2. The number of rotatable bonds is 5. The molecular formula is C30H16N8O2Pt2-6.